The Bertz CT molecular complexity index is 340. The molecule has 1 aromatic heterocycles. The fraction of sp³-hybridized carbons (Fsp3) is 0.583. The molecule has 1 aliphatic rings. The van der Waals surface area contributed by atoms with Crippen molar-refractivity contribution in [3.63, 3.8) is 0 Å². The summed E-state index contributed by atoms with van der Waals surface area (Å²) in [6, 6.07) is 2.36. The molecular formula is C12H19N3O2. The van der Waals surface area contributed by atoms with Crippen molar-refractivity contribution in [1.29, 1.82) is 0 Å². The SMILES string of the molecule is COCCOc1cncc(C2CNCCN2)c1. The summed E-state index contributed by atoms with van der Waals surface area (Å²) in [5.74, 6) is 0.798. The molecule has 1 saturated heterocycles. The molecule has 5 heteroatoms. The third kappa shape index (κ3) is 3.66. The molecule has 1 atom stereocenters. The Morgan fingerprint density at radius 3 is 3.06 bits per heavy atom. The summed E-state index contributed by atoms with van der Waals surface area (Å²) in [6.07, 6.45) is 3.61. The Labute approximate surface area is 102 Å². The molecule has 1 unspecified atom stereocenters. The van der Waals surface area contributed by atoms with Crippen molar-refractivity contribution in [2.45, 2.75) is 6.04 Å². The summed E-state index contributed by atoms with van der Waals surface area (Å²) in [5.41, 5.74) is 1.16. The average molecular weight is 237 g/mol. The molecule has 17 heavy (non-hydrogen) atoms. The van der Waals surface area contributed by atoms with Gasteiger partial charge in [-0.15, -0.1) is 0 Å². The molecular weight excluding hydrogens is 218 g/mol. The minimum atomic E-state index is 0.322. The zero-order valence-corrected chi connectivity index (χ0v) is 10.1. The van der Waals surface area contributed by atoms with Crippen LogP contribution in [0.25, 0.3) is 0 Å². The van der Waals surface area contributed by atoms with Crippen molar-refractivity contribution in [2.24, 2.45) is 0 Å². The Kier molecular flexibility index (Phi) is 4.73. The van der Waals surface area contributed by atoms with E-state index in [1.807, 2.05) is 12.3 Å². The maximum absolute atomic E-state index is 5.54. The molecule has 1 fully saturated rings. The van der Waals surface area contributed by atoms with Crippen molar-refractivity contribution in [2.75, 3.05) is 40.0 Å². The Morgan fingerprint density at radius 2 is 2.29 bits per heavy atom. The normalized spacial score (nSPS) is 20.2. The highest BCUT2D eigenvalue weighted by molar-refractivity contribution is 5.26. The van der Waals surface area contributed by atoms with Crippen LogP contribution in [-0.4, -0.2) is 44.9 Å². The summed E-state index contributed by atoms with van der Waals surface area (Å²) < 4.78 is 10.5. The van der Waals surface area contributed by atoms with E-state index in [9.17, 15) is 0 Å². The minimum Gasteiger partial charge on any atom is -0.490 e. The van der Waals surface area contributed by atoms with Gasteiger partial charge in [0.2, 0.25) is 0 Å². The molecule has 0 spiro atoms. The number of ether oxygens (including phenoxy) is 2. The van der Waals surface area contributed by atoms with E-state index in [-0.39, 0.29) is 0 Å². The topological polar surface area (TPSA) is 55.4 Å². The van der Waals surface area contributed by atoms with E-state index in [1.165, 1.54) is 0 Å². The Hall–Kier alpha value is -1.17. The second kappa shape index (κ2) is 6.54. The van der Waals surface area contributed by atoms with Crippen molar-refractivity contribution < 1.29 is 9.47 Å². The number of methoxy groups -OCH3 is 1. The molecule has 94 valence electrons. The van der Waals surface area contributed by atoms with E-state index in [0.717, 1.165) is 30.9 Å². The van der Waals surface area contributed by atoms with Crippen LogP contribution in [0.15, 0.2) is 18.5 Å². The van der Waals surface area contributed by atoms with E-state index in [1.54, 1.807) is 13.3 Å². The lowest BCUT2D eigenvalue weighted by Crippen LogP contribution is -2.42. The van der Waals surface area contributed by atoms with Gasteiger partial charge in [-0.05, 0) is 11.6 Å². The van der Waals surface area contributed by atoms with Crippen LogP contribution in [0.4, 0.5) is 0 Å². The lowest BCUT2D eigenvalue weighted by molar-refractivity contribution is 0.146. The van der Waals surface area contributed by atoms with Gasteiger partial charge in [-0.3, -0.25) is 4.98 Å². The molecule has 1 aliphatic heterocycles. The highest BCUT2D eigenvalue weighted by Crippen LogP contribution is 2.18. The predicted molar refractivity (Wildman–Crippen MR) is 65.2 cm³/mol. The van der Waals surface area contributed by atoms with Crippen LogP contribution >= 0.6 is 0 Å². The maximum Gasteiger partial charge on any atom is 0.138 e. The second-order valence-corrected chi connectivity index (χ2v) is 4.01. The lowest BCUT2D eigenvalue weighted by Gasteiger charge is -2.24. The molecule has 1 aromatic rings. The number of rotatable bonds is 5. The first-order chi connectivity index (χ1) is 8.40. The van der Waals surface area contributed by atoms with Crippen LogP contribution in [-0.2, 0) is 4.74 Å². The number of aromatic nitrogens is 1. The van der Waals surface area contributed by atoms with Gasteiger partial charge in [0.15, 0.2) is 0 Å². The molecule has 0 aliphatic carbocycles. The van der Waals surface area contributed by atoms with Gasteiger partial charge in [0, 0.05) is 39.0 Å². The summed E-state index contributed by atoms with van der Waals surface area (Å²) in [5, 5.41) is 6.80. The number of hydrogen-bond donors (Lipinski definition) is 2. The smallest absolute Gasteiger partial charge is 0.138 e. The van der Waals surface area contributed by atoms with Gasteiger partial charge < -0.3 is 20.1 Å². The van der Waals surface area contributed by atoms with Gasteiger partial charge in [0.05, 0.1) is 12.8 Å². The van der Waals surface area contributed by atoms with E-state index < -0.39 is 0 Å². The van der Waals surface area contributed by atoms with Crippen LogP contribution in [0.3, 0.4) is 0 Å². The summed E-state index contributed by atoms with van der Waals surface area (Å²) in [7, 11) is 1.66. The predicted octanol–water partition coefficient (Wildman–Crippen LogP) is 0.341. The van der Waals surface area contributed by atoms with Crippen LogP contribution in [0.2, 0.25) is 0 Å². The molecule has 2 rings (SSSR count). The number of nitrogens with one attached hydrogen (secondary N) is 2. The largest absolute Gasteiger partial charge is 0.490 e. The van der Waals surface area contributed by atoms with Crippen molar-refractivity contribution >= 4 is 0 Å². The third-order valence-corrected chi connectivity index (χ3v) is 2.73. The van der Waals surface area contributed by atoms with Crippen molar-refractivity contribution in [1.82, 2.24) is 15.6 Å². The molecule has 0 aromatic carbocycles. The molecule has 2 N–H and O–H groups in total. The number of pyridine rings is 1. The summed E-state index contributed by atoms with van der Waals surface area (Å²) >= 11 is 0. The molecule has 0 saturated carbocycles. The Morgan fingerprint density at radius 1 is 1.35 bits per heavy atom. The van der Waals surface area contributed by atoms with Gasteiger partial charge in [-0.1, -0.05) is 0 Å². The van der Waals surface area contributed by atoms with Gasteiger partial charge >= 0.3 is 0 Å². The first-order valence-electron chi connectivity index (χ1n) is 5.91. The van der Waals surface area contributed by atoms with Crippen molar-refractivity contribution in [3.05, 3.63) is 24.0 Å². The fourth-order valence-electron chi connectivity index (χ4n) is 1.84. The fourth-order valence-corrected chi connectivity index (χ4v) is 1.84. The van der Waals surface area contributed by atoms with Crippen molar-refractivity contribution in [3.8, 4) is 5.75 Å². The standard InChI is InChI=1S/C12H19N3O2/c1-16-4-5-17-11-6-10(7-14-8-11)12-9-13-2-3-15-12/h6-8,12-13,15H,2-5,9H2,1H3. The molecule has 5 nitrogen and oxygen atoms in total. The van der Waals surface area contributed by atoms with Gasteiger partial charge in [-0.2, -0.15) is 0 Å². The molecule has 2 heterocycles. The molecule has 0 radical (unpaired) electrons. The summed E-state index contributed by atoms with van der Waals surface area (Å²) in [4.78, 5) is 4.20. The molecule has 0 amide bonds. The highest BCUT2D eigenvalue weighted by atomic mass is 16.5. The van der Waals surface area contributed by atoms with Gasteiger partial charge in [-0.25, -0.2) is 0 Å². The maximum atomic E-state index is 5.54. The van der Waals surface area contributed by atoms with E-state index in [2.05, 4.69) is 15.6 Å². The monoisotopic (exact) mass is 237 g/mol. The minimum absolute atomic E-state index is 0.322. The number of hydrogen-bond acceptors (Lipinski definition) is 5. The summed E-state index contributed by atoms with van der Waals surface area (Å²) in [6.45, 7) is 4.09. The quantitative estimate of drug-likeness (QED) is 0.723. The number of piperazine rings is 1. The first-order valence-corrected chi connectivity index (χ1v) is 5.91. The van der Waals surface area contributed by atoms with Gasteiger partial charge in [0.25, 0.3) is 0 Å². The Balaban J connectivity index is 1.95. The van der Waals surface area contributed by atoms with Crippen LogP contribution in [0, 0.1) is 0 Å². The first kappa shape index (κ1) is 12.3. The lowest BCUT2D eigenvalue weighted by atomic mass is 10.1. The van der Waals surface area contributed by atoms with Crippen LogP contribution in [0.1, 0.15) is 11.6 Å². The second-order valence-electron chi connectivity index (χ2n) is 4.01. The number of nitrogens with zero attached hydrogens (tertiary/aromatic N) is 1. The van der Waals surface area contributed by atoms with E-state index >= 15 is 0 Å². The molecule has 0 bridgehead atoms. The third-order valence-electron chi connectivity index (χ3n) is 2.73. The van der Waals surface area contributed by atoms with Crippen LogP contribution in [0.5, 0.6) is 5.75 Å². The van der Waals surface area contributed by atoms with E-state index in [0.29, 0.717) is 19.3 Å². The highest BCUT2D eigenvalue weighted by Gasteiger charge is 2.14. The zero-order chi connectivity index (χ0) is 11.9. The van der Waals surface area contributed by atoms with Crippen LogP contribution < -0.4 is 15.4 Å². The van der Waals surface area contributed by atoms with E-state index in [4.69, 9.17) is 9.47 Å². The van der Waals surface area contributed by atoms with Gasteiger partial charge in [0.1, 0.15) is 12.4 Å². The average Bonchev–Trinajstić information content (AvgIpc) is 2.41. The zero-order valence-electron chi connectivity index (χ0n) is 10.1.